The third-order valence-electron chi connectivity index (χ3n) is 5.74. The van der Waals surface area contributed by atoms with Gasteiger partial charge in [0.2, 0.25) is 0 Å². The van der Waals surface area contributed by atoms with Crippen LogP contribution in [-0.2, 0) is 0 Å². The maximum atomic E-state index is 14.0. The summed E-state index contributed by atoms with van der Waals surface area (Å²) in [4.78, 5) is 16.6. The van der Waals surface area contributed by atoms with Gasteiger partial charge in [-0.2, -0.15) is 0 Å². The molecule has 2 aromatic rings. The van der Waals surface area contributed by atoms with Crippen molar-refractivity contribution in [2.45, 2.75) is 18.5 Å². The number of rotatable bonds is 2. The summed E-state index contributed by atoms with van der Waals surface area (Å²) in [5.41, 5.74) is 1.73. The van der Waals surface area contributed by atoms with Crippen LogP contribution >= 0.6 is 15.9 Å². The molecule has 148 valence electrons. The van der Waals surface area contributed by atoms with Crippen molar-refractivity contribution < 1.29 is 18.7 Å². The Morgan fingerprint density at radius 3 is 2.82 bits per heavy atom. The van der Waals surface area contributed by atoms with Crippen molar-refractivity contribution in [3.63, 3.8) is 0 Å². The Hall–Kier alpha value is -2.19. The van der Waals surface area contributed by atoms with Crippen molar-refractivity contribution in [1.29, 1.82) is 0 Å². The van der Waals surface area contributed by atoms with E-state index in [2.05, 4.69) is 26.1 Å². The number of likely N-dealkylation sites (tertiary alicyclic amines) is 1. The second-order valence-corrected chi connectivity index (χ2v) is 8.12. The fourth-order valence-electron chi connectivity index (χ4n) is 4.43. The average Bonchev–Trinajstić information content (AvgIpc) is 3.10. The molecule has 2 amide bonds. The van der Waals surface area contributed by atoms with E-state index < -0.39 is 17.7 Å². The Kier molecular flexibility index (Phi) is 5.01. The highest BCUT2D eigenvalue weighted by Gasteiger charge is 2.47. The Bertz CT molecular complexity index is 926. The van der Waals surface area contributed by atoms with Crippen LogP contribution in [0.2, 0.25) is 0 Å². The summed E-state index contributed by atoms with van der Waals surface area (Å²) < 4.78 is 28.3. The van der Waals surface area contributed by atoms with E-state index in [0.29, 0.717) is 13.0 Å². The van der Waals surface area contributed by atoms with Gasteiger partial charge in [-0.25, -0.2) is 13.6 Å². The number of anilines is 2. The summed E-state index contributed by atoms with van der Waals surface area (Å²) in [6.45, 7) is 0.440. The van der Waals surface area contributed by atoms with E-state index in [9.17, 15) is 18.7 Å². The number of carbonyl (C=O) groups excluding carboxylic acids is 1. The molecule has 2 aliphatic rings. The number of benzene rings is 2. The molecule has 0 saturated carbocycles. The number of halogens is 3. The average molecular weight is 452 g/mol. The van der Waals surface area contributed by atoms with Gasteiger partial charge in [-0.15, -0.1) is 0 Å². The van der Waals surface area contributed by atoms with E-state index >= 15 is 0 Å². The van der Waals surface area contributed by atoms with Crippen molar-refractivity contribution in [3.05, 3.63) is 58.1 Å². The molecule has 2 aliphatic heterocycles. The summed E-state index contributed by atoms with van der Waals surface area (Å²) in [5.74, 6) is -1.27. The Balaban J connectivity index is 1.69. The first kappa shape index (κ1) is 19.1. The maximum absolute atomic E-state index is 14.0. The second kappa shape index (κ2) is 7.33. The SMILES string of the molecule is CN1c2ccc(Br)cc2[C@H]2[C@H](CCN2C(=O)Nc2cc(F)ccc2F)[C@@H]1CO. The van der Waals surface area contributed by atoms with Gasteiger partial charge in [0.1, 0.15) is 11.6 Å². The number of amides is 2. The van der Waals surface area contributed by atoms with E-state index in [1.807, 2.05) is 25.2 Å². The molecule has 28 heavy (non-hydrogen) atoms. The van der Waals surface area contributed by atoms with Crippen LogP contribution in [-0.4, -0.2) is 42.3 Å². The quantitative estimate of drug-likeness (QED) is 0.721. The van der Waals surface area contributed by atoms with Crippen molar-refractivity contribution >= 4 is 33.3 Å². The standard InChI is InChI=1S/C20H20BrF2N3O2/c1-25-17-5-2-11(21)8-14(17)19-13(18(25)10-27)6-7-26(19)20(28)24-16-9-12(22)3-4-15(16)23/h2-5,8-9,13,18-19,27H,6-7,10H2,1H3,(H,24,28)/t13-,18+,19-/m1/s1. The van der Waals surface area contributed by atoms with Crippen molar-refractivity contribution in [2.24, 2.45) is 5.92 Å². The molecule has 0 aliphatic carbocycles. The molecular formula is C20H20BrF2N3O2. The summed E-state index contributed by atoms with van der Waals surface area (Å²) in [6, 6.07) is 7.96. The zero-order valence-electron chi connectivity index (χ0n) is 15.2. The van der Waals surface area contributed by atoms with Crippen molar-refractivity contribution in [1.82, 2.24) is 4.90 Å². The van der Waals surface area contributed by atoms with E-state index in [-0.39, 0.29) is 30.3 Å². The minimum absolute atomic E-state index is 0.0266. The zero-order chi connectivity index (χ0) is 20.0. The third kappa shape index (κ3) is 3.14. The highest BCUT2D eigenvalue weighted by Crippen LogP contribution is 2.49. The lowest BCUT2D eigenvalue weighted by atomic mass is 9.82. The smallest absolute Gasteiger partial charge is 0.322 e. The van der Waals surface area contributed by atoms with Gasteiger partial charge in [-0.3, -0.25) is 0 Å². The highest BCUT2D eigenvalue weighted by molar-refractivity contribution is 9.10. The van der Waals surface area contributed by atoms with Crippen LogP contribution in [0.15, 0.2) is 40.9 Å². The predicted molar refractivity (Wildman–Crippen MR) is 106 cm³/mol. The molecule has 0 unspecified atom stereocenters. The lowest BCUT2D eigenvalue weighted by Crippen LogP contribution is -2.48. The van der Waals surface area contributed by atoms with Crippen LogP contribution in [0, 0.1) is 17.6 Å². The number of carbonyl (C=O) groups is 1. The second-order valence-electron chi connectivity index (χ2n) is 7.21. The van der Waals surface area contributed by atoms with Gasteiger partial charge < -0.3 is 20.2 Å². The first-order valence-electron chi connectivity index (χ1n) is 9.06. The minimum atomic E-state index is -0.690. The van der Waals surface area contributed by atoms with Gasteiger partial charge >= 0.3 is 6.03 Å². The first-order chi connectivity index (χ1) is 13.4. The summed E-state index contributed by atoms with van der Waals surface area (Å²) in [7, 11) is 1.94. The molecule has 5 nitrogen and oxygen atoms in total. The molecule has 2 N–H and O–H groups in total. The lowest BCUT2D eigenvalue weighted by Gasteiger charge is -2.44. The predicted octanol–water partition coefficient (Wildman–Crippen LogP) is 4.13. The number of hydrogen-bond donors (Lipinski definition) is 2. The molecule has 2 aromatic carbocycles. The van der Waals surface area contributed by atoms with Crippen LogP contribution < -0.4 is 10.2 Å². The maximum Gasteiger partial charge on any atom is 0.322 e. The van der Waals surface area contributed by atoms with Gasteiger partial charge in [-0.05, 0) is 42.3 Å². The van der Waals surface area contributed by atoms with Gasteiger partial charge in [-0.1, -0.05) is 15.9 Å². The minimum Gasteiger partial charge on any atom is -0.394 e. The van der Waals surface area contributed by atoms with E-state index in [1.54, 1.807) is 4.90 Å². The fourth-order valence-corrected chi connectivity index (χ4v) is 4.81. The topological polar surface area (TPSA) is 55.8 Å². The van der Waals surface area contributed by atoms with Crippen molar-refractivity contribution in [3.8, 4) is 0 Å². The number of urea groups is 1. The van der Waals surface area contributed by atoms with Crippen LogP contribution in [0.3, 0.4) is 0 Å². The summed E-state index contributed by atoms with van der Waals surface area (Å²) >= 11 is 3.49. The van der Waals surface area contributed by atoms with E-state index in [4.69, 9.17) is 0 Å². The Morgan fingerprint density at radius 1 is 1.29 bits per heavy atom. The molecule has 0 radical (unpaired) electrons. The molecule has 1 saturated heterocycles. The zero-order valence-corrected chi connectivity index (χ0v) is 16.8. The van der Waals surface area contributed by atoms with Gasteiger partial charge in [0.15, 0.2) is 0 Å². The molecule has 3 atom stereocenters. The van der Waals surface area contributed by atoms with Gasteiger partial charge in [0, 0.05) is 35.7 Å². The molecule has 0 bridgehead atoms. The summed E-state index contributed by atoms with van der Waals surface area (Å²) in [5, 5.41) is 12.5. The number of hydrogen-bond acceptors (Lipinski definition) is 3. The van der Waals surface area contributed by atoms with Gasteiger partial charge in [0.25, 0.3) is 0 Å². The largest absolute Gasteiger partial charge is 0.394 e. The molecule has 4 rings (SSSR count). The number of fused-ring (bicyclic) bond motifs is 3. The molecular weight excluding hydrogens is 432 g/mol. The van der Waals surface area contributed by atoms with E-state index in [1.165, 1.54) is 0 Å². The number of aliphatic hydroxyl groups excluding tert-OH is 1. The molecule has 0 aromatic heterocycles. The third-order valence-corrected chi connectivity index (χ3v) is 6.24. The van der Waals surface area contributed by atoms with Crippen LogP contribution in [0.1, 0.15) is 18.0 Å². The summed E-state index contributed by atoms with van der Waals surface area (Å²) in [6.07, 6.45) is 0.714. The normalized spacial score (nSPS) is 23.4. The number of likely N-dealkylation sites (N-methyl/N-ethyl adjacent to an activating group) is 1. The molecule has 8 heteroatoms. The Morgan fingerprint density at radius 2 is 2.07 bits per heavy atom. The van der Waals surface area contributed by atoms with E-state index in [0.717, 1.165) is 33.9 Å². The number of aliphatic hydroxyl groups is 1. The van der Waals surface area contributed by atoms with Gasteiger partial charge in [0.05, 0.1) is 24.4 Å². The number of nitrogens with zero attached hydrogens (tertiary/aromatic N) is 2. The molecule has 0 spiro atoms. The van der Waals surface area contributed by atoms with Crippen molar-refractivity contribution in [2.75, 3.05) is 30.4 Å². The monoisotopic (exact) mass is 451 g/mol. The highest BCUT2D eigenvalue weighted by atomic mass is 79.9. The number of nitrogens with one attached hydrogen (secondary N) is 1. The van der Waals surface area contributed by atoms with Crippen LogP contribution in [0.25, 0.3) is 0 Å². The van der Waals surface area contributed by atoms with Crippen LogP contribution in [0.4, 0.5) is 25.0 Å². The fraction of sp³-hybridized carbons (Fsp3) is 0.350. The Labute approximate surface area is 170 Å². The first-order valence-corrected chi connectivity index (χ1v) is 9.86. The lowest BCUT2D eigenvalue weighted by molar-refractivity contribution is 0.168. The van der Waals surface area contributed by atoms with Crippen LogP contribution in [0.5, 0.6) is 0 Å². The molecule has 2 heterocycles. The molecule has 1 fully saturated rings.